The van der Waals surface area contributed by atoms with Crippen LogP contribution in [0.5, 0.6) is 0 Å². The molecule has 19 heavy (non-hydrogen) atoms. The van der Waals surface area contributed by atoms with Gasteiger partial charge in [-0.2, -0.15) is 5.26 Å². The largest absolute Gasteiger partial charge is 0.378 e. The highest BCUT2D eigenvalue weighted by molar-refractivity contribution is 9.11. The fourth-order valence-electron chi connectivity index (χ4n) is 1.86. The van der Waals surface area contributed by atoms with Crippen LogP contribution in [0.4, 0.5) is 5.69 Å². The molecule has 0 saturated carbocycles. The fourth-order valence-corrected chi connectivity index (χ4v) is 3.25. The first-order chi connectivity index (χ1) is 9.10. The lowest BCUT2D eigenvalue weighted by Crippen LogP contribution is -2.07. The van der Waals surface area contributed by atoms with Crippen molar-refractivity contribution in [3.8, 4) is 6.07 Å². The number of nitriles is 1. The van der Waals surface area contributed by atoms with Gasteiger partial charge in [0, 0.05) is 20.7 Å². The van der Waals surface area contributed by atoms with Crippen LogP contribution >= 0.6 is 31.9 Å². The van der Waals surface area contributed by atoms with Crippen LogP contribution in [-0.2, 0) is 0 Å². The van der Waals surface area contributed by atoms with Crippen molar-refractivity contribution in [1.29, 1.82) is 5.26 Å². The number of nitrogens with zero attached hydrogens (tertiary/aromatic N) is 1. The molecule has 0 saturated heterocycles. The van der Waals surface area contributed by atoms with E-state index >= 15 is 0 Å². The van der Waals surface area contributed by atoms with Crippen LogP contribution < -0.4 is 5.32 Å². The van der Waals surface area contributed by atoms with E-state index < -0.39 is 0 Å². The Morgan fingerprint density at radius 1 is 1.16 bits per heavy atom. The molecule has 2 nitrogen and oxygen atoms in total. The van der Waals surface area contributed by atoms with Gasteiger partial charge in [-0.3, -0.25) is 0 Å². The van der Waals surface area contributed by atoms with Crippen LogP contribution in [0.3, 0.4) is 0 Å². The Morgan fingerprint density at radius 3 is 2.63 bits per heavy atom. The van der Waals surface area contributed by atoms with E-state index in [-0.39, 0.29) is 6.04 Å². The number of benzene rings is 2. The molecule has 1 unspecified atom stereocenters. The second-order valence-corrected chi connectivity index (χ2v) is 5.99. The molecule has 1 N–H and O–H groups in total. The molecule has 0 spiro atoms. The van der Waals surface area contributed by atoms with E-state index in [1.807, 2.05) is 30.3 Å². The van der Waals surface area contributed by atoms with Crippen molar-refractivity contribution in [2.75, 3.05) is 5.32 Å². The molecule has 2 aromatic carbocycles. The molecule has 0 amide bonds. The van der Waals surface area contributed by atoms with Gasteiger partial charge in [-0.15, -0.1) is 0 Å². The van der Waals surface area contributed by atoms with Gasteiger partial charge in [-0.1, -0.05) is 44.0 Å². The Kier molecular flexibility index (Phi) is 4.62. The number of nitrogens with one attached hydrogen (secondary N) is 1. The van der Waals surface area contributed by atoms with Gasteiger partial charge in [0.2, 0.25) is 0 Å². The Hall–Kier alpha value is -1.31. The van der Waals surface area contributed by atoms with Crippen LogP contribution in [0.15, 0.2) is 51.4 Å². The lowest BCUT2D eigenvalue weighted by Gasteiger charge is -2.17. The third kappa shape index (κ3) is 3.59. The van der Waals surface area contributed by atoms with Crippen LogP contribution in [-0.4, -0.2) is 0 Å². The molecule has 2 aromatic rings. The molecule has 0 fully saturated rings. The van der Waals surface area contributed by atoms with Crippen molar-refractivity contribution in [3.05, 3.63) is 62.5 Å². The fraction of sp³-hybridized carbons (Fsp3) is 0.133. The molecule has 0 heterocycles. The normalized spacial score (nSPS) is 11.7. The molecule has 4 heteroatoms. The van der Waals surface area contributed by atoms with Crippen molar-refractivity contribution in [1.82, 2.24) is 0 Å². The lowest BCUT2D eigenvalue weighted by atomic mass is 10.1. The summed E-state index contributed by atoms with van der Waals surface area (Å²) in [6.07, 6.45) is 0. The SMILES string of the molecule is CC(Nc1cccc(C#N)c1)c1ccc(Br)cc1Br. The standard InChI is InChI=1S/C15H12Br2N2/c1-10(14-6-5-12(16)8-15(14)17)19-13-4-2-3-11(7-13)9-18/h2-8,10,19H,1H3. The van der Waals surface area contributed by atoms with E-state index in [2.05, 4.69) is 56.2 Å². The Balaban J connectivity index is 2.20. The zero-order valence-corrected chi connectivity index (χ0v) is 13.5. The minimum atomic E-state index is 0.149. The minimum absolute atomic E-state index is 0.149. The second-order valence-electron chi connectivity index (χ2n) is 4.22. The van der Waals surface area contributed by atoms with E-state index in [1.165, 1.54) is 5.56 Å². The summed E-state index contributed by atoms with van der Waals surface area (Å²) in [6, 6.07) is 15.9. The first kappa shape index (κ1) is 14.1. The zero-order valence-electron chi connectivity index (χ0n) is 10.3. The first-order valence-corrected chi connectivity index (χ1v) is 7.40. The molecule has 0 aliphatic carbocycles. The quantitative estimate of drug-likeness (QED) is 0.789. The smallest absolute Gasteiger partial charge is 0.0992 e. The summed E-state index contributed by atoms with van der Waals surface area (Å²) in [5, 5.41) is 12.3. The van der Waals surface area contributed by atoms with E-state index in [0.29, 0.717) is 5.56 Å². The molecule has 0 aliphatic heterocycles. The van der Waals surface area contributed by atoms with Crippen molar-refractivity contribution in [2.24, 2.45) is 0 Å². The van der Waals surface area contributed by atoms with Gasteiger partial charge in [0.15, 0.2) is 0 Å². The lowest BCUT2D eigenvalue weighted by molar-refractivity contribution is 0.878. The maximum atomic E-state index is 8.90. The van der Waals surface area contributed by atoms with Gasteiger partial charge < -0.3 is 5.32 Å². The summed E-state index contributed by atoms with van der Waals surface area (Å²) in [7, 11) is 0. The van der Waals surface area contributed by atoms with Gasteiger partial charge in [0.05, 0.1) is 11.6 Å². The average molecular weight is 380 g/mol. The topological polar surface area (TPSA) is 35.8 Å². The van der Waals surface area contributed by atoms with E-state index in [1.54, 1.807) is 6.07 Å². The van der Waals surface area contributed by atoms with Crippen molar-refractivity contribution < 1.29 is 0 Å². The van der Waals surface area contributed by atoms with Crippen LogP contribution in [0, 0.1) is 11.3 Å². The zero-order chi connectivity index (χ0) is 13.8. The predicted octanol–water partition coefficient (Wildman–Crippen LogP) is 5.26. The number of halogens is 2. The molecular weight excluding hydrogens is 368 g/mol. The summed E-state index contributed by atoms with van der Waals surface area (Å²) in [6.45, 7) is 2.09. The van der Waals surface area contributed by atoms with Crippen LogP contribution in [0.2, 0.25) is 0 Å². The third-order valence-corrected chi connectivity index (χ3v) is 3.98. The summed E-state index contributed by atoms with van der Waals surface area (Å²) >= 11 is 7.01. The van der Waals surface area contributed by atoms with Crippen molar-refractivity contribution in [3.63, 3.8) is 0 Å². The Bertz CT molecular complexity index is 632. The van der Waals surface area contributed by atoms with Gasteiger partial charge in [-0.25, -0.2) is 0 Å². The summed E-state index contributed by atoms with van der Waals surface area (Å²) in [5.41, 5.74) is 2.78. The van der Waals surface area contributed by atoms with E-state index in [9.17, 15) is 0 Å². The van der Waals surface area contributed by atoms with Gasteiger partial charge in [0.25, 0.3) is 0 Å². The predicted molar refractivity (Wildman–Crippen MR) is 85.0 cm³/mol. The number of rotatable bonds is 3. The molecule has 0 bridgehead atoms. The summed E-state index contributed by atoms with van der Waals surface area (Å²) in [4.78, 5) is 0. The van der Waals surface area contributed by atoms with Gasteiger partial charge >= 0.3 is 0 Å². The molecule has 96 valence electrons. The molecule has 0 radical (unpaired) electrons. The second kappa shape index (κ2) is 6.23. The number of anilines is 1. The van der Waals surface area contributed by atoms with Crippen LogP contribution in [0.1, 0.15) is 24.1 Å². The summed E-state index contributed by atoms with van der Waals surface area (Å²) in [5.74, 6) is 0. The van der Waals surface area contributed by atoms with Gasteiger partial charge in [0.1, 0.15) is 0 Å². The summed E-state index contributed by atoms with van der Waals surface area (Å²) < 4.78 is 2.10. The van der Waals surface area contributed by atoms with Crippen molar-refractivity contribution in [2.45, 2.75) is 13.0 Å². The van der Waals surface area contributed by atoms with Gasteiger partial charge in [-0.05, 0) is 42.8 Å². The average Bonchev–Trinajstić information content (AvgIpc) is 2.38. The molecule has 0 aliphatic rings. The minimum Gasteiger partial charge on any atom is -0.378 e. The monoisotopic (exact) mass is 378 g/mol. The van der Waals surface area contributed by atoms with Crippen molar-refractivity contribution >= 4 is 37.5 Å². The third-order valence-electron chi connectivity index (χ3n) is 2.80. The highest BCUT2D eigenvalue weighted by atomic mass is 79.9. The van der Waals surface area contributed by atoms with E-state index in [4.69, 9.17) is 5.26 Å². The molecule has 0 aromatic heterocycles. The van der Waals surface area contributed by atoms with E-state index in [0.717, 1.165) is 14.6 Å². The number of hydrogen-bond donors (Lipinski definition) is 1. The highest BCUT2D eigenvalue weighted by Gasteiger charge is 2.09. The molecule has 2 rings (SSSR count). The highest BCUT2D eigenvalue weighted by Crippen LogP contribution is 2.29. The first-order valence-electron chi connectivity index (χ1n) is 5.82. The maximum Gasteiger partial charge on any atom is 0.0992 e. The Morgan fingerprint density at radius 2 is 1.95 bits per heavy atom. The maximum absolute atomic E-state index is 8.90. The number of hydrogen-bond acceptors (Lipinski definition) is 2. The van der Waals surface area contributed by atoms with Crippen LogP contribution in [0.25, 0.3) is 0 Å². The molecular formula is C15H12Br2N2. The Labute approximate surface area is 129 Å². The molecule has 1 atom stereocenters.